The molecule has 1 aromatic rings. The highest BCUT2D eigenvalue weighted by atomic mass is 127. The minimum atomic E-state index is 0. The van der Waals surface area contributed by atoms with Crippen LogP contribution in [0.1, 0.15) is 63.8 Å². The first kappa shape index (κ1) is 22.2. The fourth-order valence-corrected chi connectivity index (χ4v) is 3.46. The Bertz CT molecular complexity index is 515. The van der Waals surface area contributed by atoms with E-state index in [1.807, 2.05) is 0 Å². The van der Waals surface area contributed by atoms with Gasteiger partial charge in [-0.2, -0.15) is 0 Å². The highest BCUT2D eigenvalue weighted by molar-refractivity contribution is 14.0. The van der Waals surface area contributed by atoms with Gasteiger partial charge in [0, 0.05) is 31.6 Å². The monoisotopic (exact) mass is 463 g/mol. The van der Waals surface area contributed by atoms with Gasteiger partial charge in [0.1, 0.15) is 0 Å². The normalized spacial score (nSPS) is 18.4. The molecule has 0 aromatic carbocycles. The predicted octanol–water partition coefficient (Wildman–Crippen LogP) is 3.35. The number of likely N-dealkylation sites (tertiary alicyclic amines) is 1. The maximum Gasteiger partial charge on any atom is 0.191 e. The summed E-state index contributed by atoms with van der Waals surface area (Å²) in [6.07, 6.45) is 4.74. The Balaban J connectivity index is 0.00000312. The summed E-state index contributed by atoms with van der Waals surface area (Å²) in [5.74, 6) is 2.16. The molecule has 0 bridgehead atoms. The SMILES string of the molecule is CCC(CC)c1cc(CNC(=NC)NCC2CCCN2CC)on1.I. The van der Waals surface area contributed by atoms with Gasteiger partial charge >= 0.3 is 0 Å². The second-order valence-corrected chi connectivity index (χ2v) is 6.46. The van der Waals surface area contributed by atoms with Crippen molar-refractivity contribution >= 4 is 29.9 Å². The molecule has 1 aliphatic rings. The van der Waals surface area contributed by atoms with Crippen molar-refractivity contribution in [2.24, 2.45) is 4.99 Å². The van der Waals surface area contributed by atoms with Crippen LogP contribution in [0, 0.1) is 0 Å². The smallest absolute Gasteiger partial charge is 0.191 e. The summed E-state index contributed by atoms with van der Waals surface area (Å²) in [4.78, 5) is 6.83. The molecular weight excluding hydrogens is 429 g/mol. The molecule has 0 aliphatic carbocycles. The van der Waals surface area contributed by atoms with E-state index < -0.39 is 0 Å². The first-order chi connectivity index (χ1) is 11.7. The molecule has 0 saturated carbocycles. The molecule has 2 heterocycles. The van der Waals surface area contributed by atoms with Gasteiger partial charge < -0.3 is 15.2 Å². The van der Waals surface area contributed by atoms with E-state index in [9.17, 15) is 0 Å². The lowest BCUT2D eigenvalue weighted by Gasteiger charge is -2.23. The standard InChI is InChI=1S/C18H33N5O.HI/c1-5-14(6-2)17-11-16(24-22-17)13-21-18(19-4)20-12-15-9-8-10-23(15)7-3;/h11,14-15H,5-10,12-13H2,1-4H3,(H2,19,20,21);1H. The molecule has 25 heavy (non-hydrogen) atoms. The van der Waals surface area contributed by atoms with Crippen molar-refractivity contribution < 1.29 is 4.52 Å². The number of hydrogen-bond acceptors (Lipinski definition) is 4. The van der Waals surface area contributed by atoms with Gasteiger partial charge in [-0.3, -0.25) is 9.89 Å². The van der Waals surface area contributed by atoms with Gasteiger partial charge in [-0.25, -0.2) is 0 Å². The van der Waals surface area contributed by atoms with Crippen molar-refractivity contribution in [2.75, 3.05) is 26.7 Å². The minimum absolute atomic E-state index is 0. The van der Waals surface area contributed by atoms with Crippen LogP contribution < -0.4 is 10.6 Å². The molecule has 1 atom stereocenters. The zero-order valence-corrected chi connectivity index (χ0v) is 18.4. The summed E-state index contributed by atoms with van der Waals surface area (Å²) in [7, 11) is 1.80. The molecule has 6 nitrogen and oxygen atoms in total. The van der Waals surface area contributed by atoms with E-state index >= 15 is 0 Å². The maximum atomic E-state index is 5.45. The van der Waals surface area contributed by atoms with Crippen molar-refractivity contribution in [3.63, 3.8) is 0 Å². The summed E-state index contributed by atoms with van der Waals surface area (Å²) >= 11 is 0. The van der Waals surface area contributed by atoms with Crippen LogP contribution in [-0.4, -0.2) is 48.7 Å². The van der Waals surface area contributed by atoms with Gasteiger partial charge in [-0.1, -0.05) is 25.9 Å². The molecule has 144 valence electrons. The Morgan fingerprint density at radius 2 is 2.12 bits per heavy atom. The Morgan fingerprint density at radius 1 is 1.36 bits per heavy atom. The van der Waals surface area contributed by atoms with E-state index in [1.54, 1.807) is 7.05 Å². The lowest BCUT2D eigenvalue weighted by molar-refractivity contribution is 0.267. The number of guanidine groups is 1. The summed E-state index contributed by atoms with van der Waals surface area (Å²) in [6.45, 7) is 10.5. The number of hydrogen-bond donors (Lipinski definition) is 2. The van der Waals surface area contributed by atoms with Gasteiger partial charge in [0.25, 0.3) is 0 Å². The van der Waals surface area contributed by atoms with Crippen LogP contribution >= 0.6 is 24.0 Å². The summed E-state index contributed by atoms with van der Waals surface area (Å²) < 4.78 is 5.45. The predicted molar refractivity (Wildman–Crippen MR) is 114 cm³/mol. The van der Waals surface area contributed by atoms with E-state index in [-0.39, 0.29) is 24.0 Å². The van der Waals surface area contributed by atoms with E-state index in [0.29, 0.717) is 18.5 Å². The maximum absolute atomic E-state index is 5.45. The van der Waals surface area contributed by atoms with Crippen molar-refractivity contribution in [2.45, 2.75) is 65.0 Å². The Morgan fingerprint density at radius 3 is 2.76 bits per heavy atom. The van der Waals surface area contributed by atoms with Crippen LogP contribution in [0.4, 0.5) is 0 Å². The third kappa shape index (κ3) is 6.44. The average Bonchev–Trinajstić information content (AvgIpc) is 3.25. The molecule has 1 aliphatic heterocycles. The van der Waals surface area contributed by atoms with E-state index in [2.05, 4.69) is 52.5 Å². The summed E-state index contributed by atoms with van der Waals surface area (Å²) in [6, 6.07) is 2.67. The molecule has 2 N–H and O–H groups in total. The number of aromatic nitrogens is 1. The molecule has 7 heteroatoms. The highest BCUT2D eigenvalue weighted by Crippen LogP contribution is 2.22. The highest BCUT2D eigenvalue weighted by Gasteiger charge is 2.22. The zero-order valence-electron chi connectivity index (χ0n) is 16.0. The molecule has 0 amide bonds. The number of rotatable bonds is 8. The third-order valence-electron chi connectivity index (χ3n) is 5.05. The minimum Gasteiger partial charge on any atom is -0.359 e. The summed E-state index contributed by atoms with van der Waals surface area (Å²) in [5, 5.41) is 11.0. The first-order valence-electron chi connectivity index (χ1n) is 9.35. The molecule has 2 rings (SSSR count). The van der Waals surface area contributed by atoms with Gasteiger partial charge in [0.15, 0.2) is 11.7 Å². The number of nitrogens with zero attached hydrogens (tertiary/aromatic N) is 3. The summed E-state index contributed by atoms with van der Waals surface area (Å²) in [5.41, 5.74) is 1.06. The second-order valence-electron chi connectivity index (χ2n) is 6.46. The Labute approximate surface area is 169 Å². The van der Waals surface area contributed by atoms with Gasteiger partial charge in [0.05, 0.1) is 12.2 Å². The molecule has 0 spiro atoms. The van der Waals surface area contributed by atoms with Gasteiger partial charge in [0.2, 0.25) is 0 Å². The lowest BCUT2D eigenvalue weighted by atomic mass is 9.99. The van der Waals surface area contributed by atoms with Crippen molar-refractivity contribution in [1.82, 2.24) is 20.7 Å². The number of nitrogens with one attached hydrogen (secondary N) is 2. The van der Waals surface area contributed by atoms with Crippen LogP contribution in [0.3, 0.4) is 0 Å². The quantitative estimate of drug-likeness (QED) is 0.352. The first-order valence-corrected chi connectivity index (χ1v) is 9.35. The van der Waals surface area contributed by atoms with Crippen molar-refractivity contribution in [3.05, 3.63) is 17.5 Å². The van der Waals surface area contributed by atoms with Gasteiger partial charge in [-0.05, 0) is 38.8 Å². The zero-order chi connectivity index (χ0) is 17.4. The fraction of sp³-hybridized carbons (Fsp3) is 0.778. The molecule has 1 unspecified atom stereocenters. The number of aliphatic imine (C=N–C) groups is 1. The number of halogens is 1. The van der Waals surface area contributed by atoms with Crippen molar-refractivity contribution in [3.8, 4) is 0 Å². The van der Waals surface area contributed by atoms with E-state index in [1.165, 1.54) is 19.4 Å². The Hall–Kier alpha value is -0.830. The largest absolute Gasteiger partial charge is 0.359 e. The van der Waals surface area contributed by atoms with Crippen LogP contribution in [0.25, 0.3) is 0 Å². The van der Waals surface area contributed by atoms with Crippen LogP contribution in [0.15, 0.2) is 15.6 Å². The number of likely N-dealkylation sites (N-methyl/N-ethyl adjacent to an activating group) is 1. The second kappa shape index (κ2) is 11.7. The molecular formula is C18H34IN5O. The van der Waals surface area contributed by atoms with E-state index in [0.717, 1.165) is 43.3 Å². The topological polar surface area (TPSA) is 65.7 Å². The molecule has 1 fully saturated rings. The third-order valence-corrected chi connectivity index (χ3v) is 5.05. The van der Waals surface area contributed by atoms with Crippen LogP contribution in [0.2, 0.25) is 0 Å². The molecule has 1 saturated heterocycles. The average molecular weight is 463 g/mol. The fourth-order valence-electron chi connectivity index (χ4n) is 3.46. The molecule has 1 aromatic heterocycles. The lowest BCUT2D eigenvalue weighted by Crippen LogP contribution is -2.44. The van der Waals surface area contributed by atoms with Crippen LogP contribution in [-0.2, 0) is 6.54 Å². The molecule has 0 radical (unpaired) electrons. The van der Waals surface area contributed by atoms with E-state index in [4.69, 9.17) is 4.52 Å². The Kier molecular flexibility index (Phi) is 10.4. The van der Waals surface area contributed by atoms with Crippen molar-refractivity contribution in [1.29, 1.82) is 0 Å². The van der Waals surface area contributed by atoms with Gasteiger partial charge in [-0.15, -0.1) is 24.0 Å². The van der Waals surface area contributed by atoms with Crippen LogP contribution in [0.5, 0.6) is 0 Å².